The molecule has 2 rings (SSSR count). The monoisotopic (exact) mass is 292 g/mol. The summed E-state index contributed by atoms with van der Waals surface area (Å²) < 4.78 is 5.30. The summed E-state index contributed by atoms with van der Waals surface area (Å²) in [6.45, 7) is 1.51. The first-order valence-corrected chi connectivity index (χ1v) is 6.79. The number of carbonyl (C=O) groups is 2. The van der Waals surface area contributed by atoms with Crippen molar-refractivity contribution in [3.05, 3.63) is 24.3 Å². The maximum absolute atomic E-state index is 12.1. The molecular formula is C14H20N4O3. The molecule has 1 fully saturated rings. The molecule has 7 nitrogen and oxygen atoms in total. The Bertz CT molecular complexity index is 503. The Morgan fingerprint density at radius 1 is 1.38 bits per heavy atom. The molecule has 1 aliphatic rings. The van der Waals surface area contributed by atoms with Gasteiger partial charge in [-0.25, -0.2) is 0 Å². The van der Waals surface area contributed by atoms with Crippen LogP contribution in [-0.4, -0.2) is 56.1 Å². The third-order valence-corrected chi connectivity index (χ3v) is 3.33. The Hall–Kier alpha value is -2.12. The minimum atomic E-state index is -0.430. The Labute approximate surface area is 123 Å². The number of nitrogen functional groups attached to an aromatic ring is 1. The van der Waals surface area contributed by atoms with Gasteiger partial charge in [0.2, 0.25) is 11.8 Å². The normalized spacial score (nSPS) is 19.0. The van der Waals surface area contributed by atoms with Crippen LogP contribution in [0.1, 0.15) is 0 Å². The van der Waals surface area contributed by atoms with Crippen LogP contribution in [-0.2, 0) is 14.3 Å². The number of ether oxygens (including phenoxy) is 1. The van der Waals surface area contributed by atoms with Gasteiger partial charge in [0.15, 0.2) is 0 Å². The molecular weight excluding hydrogens is 272 g/mol. The number of rotatable bonds is 4. The lowest BCUT2D eigenvalue weighted by molar-refractivity contribution is -0.133. The lowest BCUT2D eigenvalue weighted by Crippen LogP contribution is -2.55. The lowest BCUT2D eigenvalue weighted by atomic mass is 10.2. The molecule has 0 spiro atoms. The minimum Gasteiger partial charge on any atom is -0.399 e. The molecule has 0 saturated carbocycles. The molecule has 114 valence electrons. The Kier molecular flexibility index (Phi) is 5.13. The first kappa shape index (κ1) is 15.3. The average Bonchev–Trinajstić information content (AvgIpc) is 2.49. The number of carbonyl (C=O) groups excluding carboxylic acids is 2. The van der Waals surface area contributed by atoms with E-state index in [1.165, 1.54) is 0 Å². The molecule has 2 amide bonds. The number of amides is 2. The van der Waals surface area contributed by atoms with Crippen molar-refractivity contribution in [3.63, 3.8) is 0 Å². The maximum Gasteiger partial charge on any atom is 0.239 e. The van der Waals surface area contributed by atoms with Gasteiger partial charge in [-0.05, 0) is 24.3 Å². The smallest absolute Gasteiger partial charge is 0.239 e. The molecule has 1 saturated heterocycles. The van der Waals surface area contributed by atoms with E-state index in [0.717, 1.165) is 0 Å². The molecule has 0 radical (unpaired) electrons. The number of nitrogens with two attached hydrogens (primary N) is 1. The van der Waals surface area contributed by atoms with Crippen molar-refractivity contribution in [3.8, 4) is 0 Å². The Balaban J connectivity index is 1.93. The van der Waals surface area contributed by atoms with E-state index >= 15 is 0 Å². The van der Waals surface area contributed by atoms with Gasteiger partial charge in [-0.3, -0.25) is 14.5 Å². The third kappa shape index (κ3) is 4.17. The van der Waals surface area contributed by atoms with Crippen LogP contribution in [0.3, 0.4) is 0 Å². The van der Waals surface area contributed by atoms with E-state index in [1.807, 2.05) is 4.90 Å². The molecule has 0 aliphatic carbocycles. The number of likely N-dealkylation sites (N-methyl/N-ethyl adjacent to an activating group) is 1. The molecule has 1 heterocycles. The summed E-state index contributed by atoms with van der Waals surface area (Å²) in [5.74, 6) is -0.314. The van der Waals surface area contributed by atoms with Crippen molar-refractivity contribution in [2.45, 2.75) is 6.04 Å². The van der Waals surface area contributed by atoms with Crippen LogP contribution in [0, 0.1) is 0 Å². The fraction of sp³-hybridized carbons (Fsp3) is 0.429. The van der Waals surface area contributed by atoms with Gasteiger partial charge in [0.05, 0.1) is 19.8 Å². The standard InChI is InChI=1S/C14H20N4O3/c1-16-14(20)12-9-21-7-6-18(12)8-13(19)17-11-4-2-10(15)3-5-11/h2-5,12H,6-9,15H2,1H3,(H,16,20)(H,17,19). The number of hydrogen-bond donors (Lipinski definition) is 3. The van der Waals surface area contributed by atoms with Gasteiger partial charge in [-0.1, -0.05) is 0 Å². The summed E-state index contributed by atoms with van der Waals surface area (Å²) in [5.41, 5.74) is 6.91. The highest BCUT2D eigenvalue weighted by atomic mass is 16.5. The summed E-state index contributed by atoms with van der Waals surface area (Å²) in [7, 11) is 1.57. The second-order valence-corrected chi connectivity index (χ2v) is 4.85. The van der Waals surface area contributed by atoms with Gasteiger partial charge in [0, 0.05) is 25.0 Å². The van der Waals surface area contributed by atoms with Gasteiger partial charge in [0.25, 0.3) is 0 Å². The van der Waals surface area contributed by atoms with E-state index in [4.69, 9.17) is 10.5 Å². The zero-order valence-corrected chi connectivity index (χ0v) is 12.0. The van der Waals surface area contributed by atoms with Crippen LogP contribution in [0.15, 0.2) is 24.3 Å². The van der Waals surface area contributed by atoms with Gasteiger partial charge in [0.1, 0.15) is 6.04 Å². The molecule has 7 heteroatoms. The van der Waals surface area contributed by atoms with Crippen LogP contribution in [0.5, 0.6) is 0 Å². The van der Waals surface area contributed by atoms with Crippen molar-refractivity contribution in [1.82, 2.24) is 10.2 Å². The predicted molar refractivity (Wildman–Crippen MR) is 79.7 cm³/mol. The quantitative estimate of drug-likeness (QED) is 0.659. The predicted octanol–water partition coefficient (Wildman–Crippen LogP) is -0.346. The van der Waals surface area contributed by atoms with Gasteiger partial charge >= 0.3 is 0 Å². The molecule has 1 aliphatic heterocycles. The summed E-state index contributed by atoms with van der Waals surface area (Å²) >= 11 is 0. The number of benzene rings is 1. The highest BCUT2D eigenvalue weighted by Crippen LogP contribution is 2.11. The first-order chi connectivity index (χ1) is 10.1. The summed E-state index contributed by atoms with van der Waals surface area (Å²) in [6.07, 6.45) is 0. The maximum atomic E-state index is 12.1. The fourth-order valence-electron chi connectivity index (χ4n) is 2.19. The summed E-state index contributed by atoms with van der Waals surface area (Å²) in [5, 5.41) is 5.37. The third-order valence-electron chi connectivity index (χ3n) is 3.33. The van der Waals surface area contributed by atoms with Crippen LogP contribution < -0.4 is 16.4 Å². The van der Waals surface area contributed by atoms with E-state index in [2.05, 4.69) is 10.6 Å². The molecule has 0 bridgehead atoms. The van der Waals surface area contributed by atoms with Crippen LogP contribution >= 0.6 is 0 Å². The molecule has 1 aromatic carbocycles. The number of nitrogens with one attached hydrogen (secondary N) is 2. The van der Waals surface area contributed by atoms with Crippen molar-refractivity contribution < 1.29 is 14.3 Å². The van der Waals surface area contributed by atoms with Crippen molar-refractivity contribution in [1.29, 1.82) is 0 Å². The molecule has 0 aromatic heterocycles. The Morgan fingerprint density at radius 2 is 2.10 bits per heavy atom. The van der Waals surface area contributed by atoms with E-state index in [1.54, 1.807) is 31.3 Å². The number of anilines is 2. The largest absolute Gasteiger partial charge is 0.399 e. The molecule has 1 aromatic rings. The topological polar surface area (TPSA) is 96.7 Å². The summed E-state index contributed by atoms with van der Waals surface area (Å²) in [6, 6.07) is 6.49. The second kappa shape index (κ2) is 7.05. The lowest BCUT2D eigenvalue weighted by Gasteiger charge is -2.33. The zero-order chi connectivity index (χ0) is 15.2. The highest BCUT2D eigenvalue weighted by molar-refractivity contribution is 5.93. The van der Waals surface area contributed by atoms with Crippen LogP contribution in [0.4, 0.5) is 11.4 Å². The average molecular weight is 292 g/mol. The minimum absolute atomic E-state index is 0.144. The van der Waals surface area contributed by atoms with E-state index in [-0.39, 0.29) is 18.4 Å². The zero-order valence-electron chi connectivity index (χ0n) is 12.0. The van der Waals surface area contributed by atoms with Gasteiger partial charge in [-0.15, -0.1) is 0 Å². The van der Waals surface area contributed by atoms with Crippen LogP contribution in [0.2, 0.25) is 0 Å². The van der Waals surface area contributed by atoms with E-state index in [9.17, 15) is 9.59 Å². The fourth-order valence-corrected chi connectivity index (χ4v) is 2.19. The number of morpholine rings is 1. The number of nitrogens with zero attached hydrogens (tertiary/aromatic N) is 1. The van der Waals surface area contributed by atoms with E-state index < -0.39 is 6.04 Å². The van der Waals surface area contributed by atoms with Crippen LogP contribution in [0.25, 0.3) is 0 Å². The molecule has 4 N–H and O–H groups in total. The van der Waals surface area contributed by atoms with Gasteiger partial charge in [-0.2, -0.15) is 0 Å². The van der Waals surface area contributed by atoms with Crippen molar-refractivity contribution in [2.75, 3.05) is 44.4 Å². The summed E-state index contributed by atoms with van der Waals surface area (Å²) in [4.78, 5) is 25.7. The SMILES string of the molecule is CNC(=O)C1COCCN1CC(=O)Nc1ccc(N)cc1. The van der Waals surface area contributed by atoms with Gasteiger partial charge < -0.3 is 21.1 Å². The van der Waals surface area contributed by atoms with E-state index in [0.29, 0.717) is 31.1 Å². The van der Waals surface area contributed by atoms with Crippen molar-refractivity contribution in [2.24, 2.45) is 0 Å². The molecule has 1 atom stereocenters. The molecule has 1 unspecified atom stereocenters. The number of hydrogen-bond acceptors (Lipinski definition) is 5. The van der Waals surface area contributed by atoms with Crippen molar-refractivity contribution >= 4 is 23.2 Å². The highest BCUT2D eigenvalue weighted by Gasteiger charge is 2.29. The Morgan fingerprint density at radius 3 is 2.76 bits per heavy atom. The second-order valence-electron chi connectivity index (χ2n) is 4.85. The first-order valence-electron chi connectivity index (χ1n) is 6.79. The molecule has 21 heavy (non-hydrogen) atoms.